The molecule has 11 aliphatic rings. The number of carbonyl (C=O) groups is 1. The molecule has 11 fully saturated rings. The van der Waals surface area contributed by atoms with Crippen LogP contribution in [-0.2, 0) is 61.6 Å². The van der Waals surface area contributed by atoms with Crippen molar-refractivity contribution in [1.29, 1.82) is 0 Å². The Hall–Kier alpha value is -1.65. The van der Waals surface area contributed by atoms with Crippen molar-refractivity contribution in [2.45, 2.75) is 257 Å². The van der Waals surface area contributed by atoms with Crippen molar-refractivity contribution in [3.05, 3.63) is 0 Å². The molecule has 0 radical (unpaired) electrons. The van der Waals surface area contributed by atoms with Gasteiger partial charge < -0.3 is 139 Å². The van der Waals surface area contributed by atoms with Crippen LogP contribution in [0.25, 0.3) is 0 Å². The van der Waals surface area contributed by atoms with Crippen molar-refractivity contribution in [3.63, 3.8) is 0 Å². The maximum absolute atomic E-state index is 12.7. The van der Waals surface area contributed by atoms with E-state index >= 15 is 0 Å². The lowest BCUT2D eigenvalue weighted by atomic mass is 9.44. The van der Waals surface area contributed by atoms with Crippen LogP contribution >= 0.6 is 0 Å². The molecular formula is C58H95NO29. The Kier molecular flexibility index (Phi) is 20.7. The summed E-state index contributed by atoms with van der Waals surface area (Å²) in [7, 11) is 0. The Bertz CT molecular complexity index is 2330. The zero-order chi connectivity index (χ0) is 63.2. The fourth-order valence-corrected chi connectivity index (χ4v) is 18.0. The van der Waals surface area contributed by atoms with Gasteiger partial charge in [-0.1, -0.05) is 20.8 Å². The number of esters is 1. The fraction of sp³-hybridized carbons (Fsp3) is 0.983. The number of piperidine rings is 1. The van der Waals surface area contributed by atoms with E-state index in [1.807, 2.05) is 0 Å². The van der Waals surface area contributed by atoms with Crippen molar-refractivity contribution in [2.24, 2.45) is 52.3 Å². The highest BCUT2D eigenvalue weighted by molar-refractivity contribution is 5.66. The minimum atomic E-state index is -2.03. The molecule has 0 aromatic heterocycles. The summed E-state index contributed by atoms with van der Waals surface area (Å²) in [6, 6.07) is 0. The van der Waals surface area contributed by atoms with Crippen molar-refractivity contribution in [1.82, 2.24) is 5.32 Å². The first kappa shape index (κ1) is 67.8. The van der Waals surface area contributed by atoms with Gasteiger partial charge in [-0.3, -0.25) is 10.1 Å². The van der Waals surface area contributed by atoms with Gasteiger partial charge in [-0.15, -0.1) is 0 Å². The van der Waals surface area contributed by atoms with Gasteiger partial charge in [-0.25, -0.2) is 0 Å². The normalized spacial score (nSPS) is 55.5. The van der Waals surface area contributed by atoms with Crippen molar-refractivity contribution < 1.29 is 143 Å². The Morgan fingerprint density at radius 3 is 1.78 bits per heavy atom. The molecule has 7 saturated heterocycles. The molecule has 0 bridgehead atoms. The van der Waals surface area contributed by atoms with Gasteiger partial charge in [-0.2, -0.15) is 0 Å². The summed E-state index contributed by atoms with van der Waals surface area (Å²) in [6.07, 6.45) is -34.8. The van der Waals surface area contributed by atoms with E-state index in [-0.39, 0.29) is 47.2 Å². The van der Waals surface area contributed by atoms with E-state index in [9.17, 15) is 86.5 Å². The molecule has 0 aromatic carbocycles. The number of ether oxygens (including phenoxy) is 12. The van der Waals surface area contributed by atoms with Crippen LogP contribution in [0.1, 0.15) is 85.5 Å². The molecule has 30 nitrogen and oxygen atoms in total. The maximum Gasteiger partial charge on any atom is 0.303 e. The third-order valence-electron chi connectivity index (χ3n) is 22.7. The number of rotatable bonds is 16. The minimum absolute atomic E-state index is 0.0503. The SMILES string of the molecule is CC(=O)O[C@H]1C[C@H](CO[C@@H]2O[C@H](CO)[C@@H](O)[C@H](O)[C@H]2O)CN[C@@]12O[C@H]1C[C@H]3[C@@H]4CC[C@@H]5C[C@@H](O[C@@H]6O[C@H](CO)[C@H](O[C@@H]7O[C@H](CO)[C@@H](O)[C@H](O[C@@H]8OC[C@@H](O)[C@H](O)[C@H]8O)[C@H]7O[C@@H]7O[C@H](CO)[C@@H](O)[C@H](O)[C@H]7O)[C@H](O)[C@H]6O)CC[C@]5(C)[C@H]4CC[C@]3(C)[C@H]1[C@@H]2C. The van der Waals surface area contributed by atoms with E-state index < -0.39 is 204 Å². The van der Waals surface area contributed by atoms with Crippen LogP contribution in [0.5, 0.6) is 0 Å². The summed E-state index contributed by atoms with van der Waals surface area (Å²) >= 11 is 0. The second-order valence-electron chi connectivity index (χ2n) is 27.5. The average molecular weight is 1270 g/mol. The molecule has 7 aliphatic heterocycles. The quantitative estimate of drug-likeness (QED) is 0.0505. The largest absolute Gasteiger partial charge is 0.458 e. The summed E-state index contributed by atoms with van der Waals surface area (Å²) in [4.78, 5) is 12.7. The van der Waals surface area contributed by atoms with E-state index in [1.165, 1.54) is 6.92 Å². The van der Waals surface area contributed by atoms with E-state index in [1.54, 1.807) is 0 Å². The highest BCUT2D eigenvalue weighted by atomic mass is 16.8. The summed E-state index contributed by atoms with van der Waals surface area (Å²) in [5, 5.41) is 175. The number of nitrogens with one attached hydrogen (secondary N) is 1. The van der Waals surface area contributed by atoms with Crippen LogP contribution in [0.15, 0.2) is 0 Å². The molecule has 0 amide bonds. The molecule has 88 heavy (non-hydrogen) atoms. The fourth-order valence-electron chi connectivity index (χ4n) is 18.0. The molecule has 17 N–H and O–H groups in total. The zero-order valence-electron chi connectivity index (χ0n) is 49.9. The Morgan fingerprint density at radius 1 is 0.545 bits per heavy atom. The summed E-state index contributed by atoms with van der Waals surface area (Å²) < 4.78 is 72.8. The molecule has 11 rings (SSSR count). The zero-order valence-corrected chi connectivity index (χ0v) is 49.9. The van der Waals surface area contributed by atoms with Crippen LogP contribution in [0.2, 0.25) is 0 Å². The summed E-state index contributed by atoms with van der Waals surface area (Å²) in [5.74, 6) is 0.879. The third-order valence-corrected chi connectivity index (χ3v) is 22.7. The summed E-state index contributed by atoms with van der Waals surface area (Å²) in [6.45, 7) is 5.16. The minimum Gasteiger partial charge on any atom is -0.458 e. The second kappa shape index (κ2) is 26.9. The van der Waals surface area contributed by atoms with Crippen molar-refractivity contribution in [3.8, 4) is 0 Å². The first-order valence-electron chi connectivity index (χ1n) is 31.5. The molecule has 4 saturated carbocycles. The monoisotopic (exact) mass is 1270 g/mol. The number of hydrogen-bond acceptors (Lipinski definition) is 30. The predicted octanol–water partition coefficient (Wildman–Crippen LogP) is -6.36. The van der Waals surface area contributed by atoms with Gasteiger partial charge in [0.15, 0.2) is 37.2 Å². The number of fused-ring (bicyclic) bond motifs is 7. The molecule has 1 spiro atoms. The van der Waals surface area contributed by atoms with E-state index in [2.05, 4.69) is 26.1 Å². The van der Waals surface area contributed by atoms with E-state index in [4.69, 9.17) is 56.8 Å². The second-order valence-corrected chi connectivity index (χ2v) is 27.5. The lowest BCUT2D eigenvalue weighted by Gasteiger charge is -2.61. The molecular weight excluding hydrogens is 1170 g/mol. The molecule has 506 valence electrons. The van der Waals surface area contributed by atoms with Crippen molar-refractivity contribution in [2.75, 3.05) is 46.2 Å². The van der Waals surface area contributed by atoms with Crippen LogP contribution < -0.4 is 5.32 Å². The van der Waals surface area contributed by atoms with Gasteiger partial charge >= 0.3 is 5.97 Å². The molecule has 7 heterocycles. The predicted molar refractivity (Wildman–Crippen MR) is 289 cm³/mol. The average Bonchev–Trinajstić information content (AvgIpc) is 1.50. The topological polar surface area (TPSA) is 464 Å². The van der Waals surface area contributed by atoms with Gasteiger partial charge in [0.2, 0.25) is 0 Å². The molecule has 37 atom stereocenters. The number of aliphatic hydroxyl groups is 16. The lowest BCUT2D eigenvalue weighted by Crippen LogP contribution is -2.68. The maximum atomic E-state index is 12.7. The van der Waals surface area contributed by atoms with Gasteiger partial charge in [0, 0.05) is 19.4 Å². The van der Waals surface area contributed by atoms with E-state index in [0.29, 0.717) is 43.6 Å². The van der Waals surface area contributed by atoms with Crippen molar-refractivity contribution >= 4 is 5.97 Å². The highest BCUT2D eigenvalue weighted by Gasteiger charge is 2.71. The van der Waals surface area contributed by atoms with Gasteiger partial charge in [0.05, 0.1) is 51.8 Å². The number of aliphatic hydroxyl groups excluding tert-OH is 16. The lowest BCUT2D eigenvalue weighted by molar-refractivity contribution is -0.404. The standard InChI is InChI=1S/C58H95NO29/c1-21-36-30(88-58(21)35(79-22(2)64)11-23(14-59-58)19-77-51-45(74)41(70)38(67)31(15-60)81-51)13-28-26-6-5-24-12-25(7-9-56(24,3)27(26)8-10-57(28,36)4)80-53-47(76)43(72)48(34(18-63)84-53)85-55-50(87-54-46(75)42(71)39(68)32(16-61)82-54)49(40(69)33(17-62)83-55)86-52-44(73)37(66)29(65)20-78-52/h21,23-55,59-63,65-76H,5-20H2,1-4H3/t21-,23-,24+,25-,26+,27-,28-,29+,30-,31+,32+,33+,34+,35-,36-,37-,38+,39+,40+,41-,42-,43+,44+,45+,46+,47+,48-,49-,50+,51+,52-,53+,54-,55-,56-,57-,58-/m0/s1. The van der Waals surface area contributed by atoms with Crippen LogP contribution in [0, 0.1) is 52.3 Å². The molecule has 4 aliphatic carbocycles. The Balaban J connectivity index is 0.728. The highest BCUT2D eigenvalue weighted by Crippen LogP contribution is 2.71. The van der Waals surface area contributed by atoms with Crippen LogP contribution in [-0.4, -0.2) is 305 Å². The molecule has 0 unspecified atom stereocenters. The van der Waals surface area contributed by atoms with Gasteiger partial charge in [-0.05, 0) is 104 Å². The molecule has 0 aromatic rings. The first-order chi connectivity index (χ1) is 41.8. The van der Waals surface area contributed by atoms with Crippen LogP contribution in [0.3, 0.4) is 0 Å². The smallest absolute Gasteiger partial charge is 0.303 e. The Labute approximate surface area is 508 Å². The third kappa shape index (κ3) is 12.1. The number of hydrogen-bond donors (Lipinski definition) is 17. The molecule has 30 heteroatoms. The van der Waals surface area contributed by atoms with E-state index in [0.717, 1.165) is 38.5 Å². The Morgan fingerprint density at radius 2 is 1.11 bits per heavy atom. The van der Waals surface area contributed by atoms with Crippen LogP contribution in [0.4, 0.5) is 0 Å². The first-order valence-corrected chi connectivity index (χ1v) is 31.5. The summed E-state index contributed by atoms with van der Waals surface area (Å²) in [5.41, 5.74) is -1.09. The van der Waals surface area contributed by atoms with Gasteiger partial charge in [0.25, 0.3) is 0 Å². The number of carbonyl (C=O) groups excluding carboxylic acids is 1. The van der Waals surface area contributed by atoms with Gasteiger partial charge in [0.1, 0.15) is 122 Å².